The van der Waals surface area contributed by atoms with Crippen molar-refractivity contribution in [1.29, 1.82) is 0 Å². The summed E-state index contributed by atoms with van der Waals surface area (Å²) < 4.78 is 54.7. The van der Waals surface area contributed by atoms with Gasteiger partial charge in [-0.25, -0.2) is 13.6 Å². The van der Waals surface area contributed by atoms with Crippen LogP contribution in [-0.2, 0) is 20.1 Å². The number of phenols is 2. The maximum absolute atomic E-state index is 11.5. The first kappa shape index (κ1) is 18.9. The summed E-state index contributed by atoms with van der Waals surface area (Å²) in [4.78, 5) is -0.696. The number of primary sulfonamides is 1. The van der Waals surface area contributed by atoms with Gasteiger partial charge < -0.3 is 15.5 Å². The Hall–Kier alpha value is -2.86. The van der Waals surface area contributed by atoms with Crippen LogP contribution in [0.15, 0.2) is 58.3 Å². The zero-order valence-electron chi connectivity index (χ0n) is 13.5. The minimum Gasteiger partial charge on any atom is -0.507 e. The third kappa shape index (κ3) is 3.95. The molecule has 3 aromatic carbocycles. The Morgan fingerprint density at radius 2 is 1.52 bits per heavy atom. The molecule has 0 aliphatic carbocycles. The molecule has 0 heterocycles. The molecule has 0 spiro atoms. The highest BCUT2D eigenvalue weighted by atomic mass is 32.2. The summed E-state index contributed by atoms with van der Waals surface area (Å²) in [7, 11) is -8.49. The number of rotatable bonds is 4. The normalized spacial score (nSPS) is 12.2. The number of aromatic hydroxyl groups is 2. The minimum absolute atomic E-state index is 0.0519. The second kappa shape index (κ2) is 6.39. The number of sulfonamides is 1. The average molecular weight is 410 g/mol. The molecule has 0 aliphatic heterocycles. The molecule has 0 aliphatic rings. The predicted octanol–water partition coefficient (Wildman–Crippen LogP) is 1.89. The summed E-state index contributed by atoms with van der Waals surface area (Å²) in [5.41, 5.74) is 0.410. The lowest BCUT2D eigenvalue weighted by Gasteiger charge is -2.12. The second-order valence-corrected chi connectivity index (χ2v) is 8.69. The van der Waals surface area contributed by atoms with Crippen molar-refractivity contribution < 1.29 is 31.6 Å². The maximum atomic E-state index is 11.5. The number of benzene rings is 3. The Kier molecular flexibility index (Phi) is 4.48. The summed E-state index contributed by atoms with van der Waals surface area (Å²) in [5, 5.41) is 28.3. The Morgan fingerprint density at radius 3 is 2.15 bits per heavy atom. The van der Waals surface area contributed by atoms with Gasteiger partial charge in [-0.05, 0) is 47.9 Å². The molecule has 0 saturated carbocycles. The predicted molar refractivity (Wildman–Crippen MR) is 98.2 cm³/mol. The smallest absolute Gasteiger partial charge is 0.294 e. The van der Waals surface area contributed by atoms with Gasteiger partial charge in [-0.2, -0.15) is 8.42 Å². The van der Waals surface area contributed by atoms with Crippen molar-refractivity contribution in [2.45, 2.75) is 9.79 Å². The van der Waals surface area contributed by atoms with Crippen molar-refractivity contribution in [3.05, 3.63) is 48.5 Å². The molecule has 142 valence electrons. The summed E-state index contributed by atoms with van der Waals surface area (Å²) in [6.45, 7) is 0. The fraction of sp³-hybridized carbons (Fsp3) is 0. The number of hydrogen-bond donors (Lipinski definition) is 5. The number of nitrogens with two attached hydrogens (primary N) is 1. The molecular weight excluding hydrogens is 396 g/mol. The third-order valence-corrected chi connectivity index (χ3v) is 5.52. The molecular formula is C16H14N2O7S2. The Bertz CT molecular complexity index is 1270. The Balaban J connectivity index is 2.09. The van der Waals surface area contributed by atoms with E-state index in [0.717, 1.165) is 30.3 Å². The topological polar surface area (TPSA) is 167 Å². The number of phenolic OH excluding ortho intramolecular Hbond substituents is 2. The van der Waals surface area contributed by atoms with Gasteiger partial charge in [0, 0.05) is 17.1 Å². The standard InChI is InChI=1S/C16H14N2O7S2/c17-26(21,22)11-2-4-15(19)14(7-11)18-10-1-3-13-9(5-10)6-12(8-16(13)20)27(23,24)25/h1-8,18-20H,(H2,17,21,22)(H,23,24,25). The van der Waals surface area contributed by atoms with E-state index < -0.39 is 25.0 Å². The van der Waals surface area contributed by atoms with Gasteiger partial charge in [0.25, 0.3) is 10.1 Å². The molecule has 0 fully saturated rings. The molecule has 3 rings (SSSR count). The first-order chi connectivity index (χ1) is 12.4. The summed E-state index contributed by atoms with van der Waals surface area (Å²) in [6.07, 6.45) is 0. The molecule has 0 amide bonds. The van der Waals surface area contributed by atoms with E-state index in [1.54, 1.807) is 0 Å². The van der Waals surface area contributed by atoms with Crippen LogP contribution in [-0.4, -0.2) is 31.6 Å². The van der Waals surface area contributed by atoms with Crippen LogP contribution in [0.2, 0.25) is 0 Å². The third-order valence-electron chi connectivity index (χ3n) is 3.78. The molecule has 27 heavy (non-hydrogen) atoms. The molecule has 0 atom stereocenters. The van der Waals surface area contributed by atoms with E-state index in [9.17, 15) is 27.0 Å². The lowest BCUT2D eigenvalue weighted by atomic mass is 10.1. The van der Waals surface area contributed by atoms with Crippen LogP contribution in [0.4, 0.5) is 11.4 Å². The number of nitrogens with one attached hydrogen (secondary N) is 1. The first-order valence-corrected chi connectivity index (χ1v) is 10.3. The first-order valence-electron chi connectivity index (χ1n) is 7.32. The number of fused-ring (bicyclic) bond motifs is 1. The molecule has 3 aromatic rings. The number of hydrogen-bond acceptors (Lipinski definition) is 7. The summed E-state index contributed by atoms with van der Waals surface area (Å²) >= 11 is 0. The highest BCUT2D eigenvalue weighted by molar-refractivity contribution is 7.89. The summed E-state index contributed by atoms with van der Waals surface area (Å²) in [6, 6.07) is 9.99. The van der Waals surface area contributed by atoms with Crippen molar-refractivity contribution >= 4 is 42.3 Å². The van der Waals surface area contributed by atoms with Crippen molar-refractivity contribution in [2.24, 2.45) is 5.14 Å². The average Bonchev–Trinajstić information content (AvgIpc) is 2.54. The van der Waals surface area contributed by atoms with Crippen molar-refractivity contribution in [3.63, 3.8) is 0 Å². The van der Waals surface area contributed by atoms with E-state index in [2.05, 4.69) is 5.32 Å². The van der Waals surface area contributed by atoms with Gasteiger partial charge >= 0.3 is 0 Å². The van der Waals surface area contributed by atoms with Crippen LogP contribution >= 0.6 is 0 Å². The van der Waals surface area contributed by atoms with Gasteiger partial charge in [0.05, 0.1) is 15.5 Å². The van der Waals surface area contributed by atoms with Gasteiger partial charge in [-0.3, -0.25) is 4.55 Å². The van der Waals surface area contributed by atoms with Gasteiger partial charge in [0.15, 0.2) is 0 Å². The van der Waals surface area contributed by atoms with E-state index in [1.165, 1.54) is 18.2 Å². The quantitative estimate of drug-likeness (QED) is 0.321. The van der Waals surface area contributed by atoms with E-state index in [1.807, 2.05) is 0 Å². The van der Waals surface area contributed by atoms with Crippen molar-refractivity contribution in [1.82, 2.24) is 0 Å². The zero-order valence-corrected chi connectivity index (χ0v) is 15.1. The van der Waals surface area contributed by atoms with E-state index in [4.69, 9.17) is 9.69 Å². The SMILES string of the molecule is NS(=O)(=O)c1ccc(O)c(Nc2ccc3c(O)cc(S(=O)(=O)O)cc3c2)c1. The molecule has 6 N–H and O–H groups in total. The second-order valence-electron chi connectivity index (χ2n) is 5.70. The van der Waals surface area contributed by atoms with Gasteiger partial charge in [0.1, 0.15) is 11.5 Å². The van der Waals surface area contributed by atoms with Crippen LogP contribution in [0.1, 0.15) is 0 Å². The van der Waals surface area contributed by atoms with Crippen molar-refractivity contribution in [3.8, 4) is 11.5 Å². The van der Waals surface area contributed by atoms with Gasteiger partial charge in [0.2, 0.25) is 10.0 Å². The molecule has 0 radical (unpaired) electrons. The lowest BCUT2D eigenvalue weighted by molar-refractivity contribution is 0.471. The van der Waals surface area contributed by atoms with Crippen LogP contribution < -0.4 is 10.5 Å². The molecule has 11 heteroatoms. The maximum Gasteiger partial charge on any atom is 0.294 e. The van der Waals surface area contributed by atoms with Crippen molar-refractivity contribution in [2.75, 3.05) is 5.32 Å². The largest absolute Gasteiger partial charge is 0.507 e. The lowest BCUT2D eigenvalue weighted by Crippen LogP contribution is -2.12. The van der Waals surface area contributed by atoms with E-state index in [-0.39, 0.29) is 27.5 Å². The summed E-state index contributed by atoms with van der Waals surface area (Å²) in [5.74, 6) is -0.581. The molecule has 0 bridgehead atoms. The minimum atomic E-state index is -4.52. The number of anilines is 2. The Morgan fingerprint density at radius 1 is 0.815 bits per heavy atom. The van der Waals surface area contributed by atoms with E-state index >= 15 is 0 Å². The molecule has 0 unspecified atom stereocenters. The fourth-order valence-corrected chi connectivity index (χ4v) is 3.57. The monoisotopic (exact) mass is 410 g/mol. The highest BCUT2D eigenvalue weighted by Crippen LogP contribution is 2.33. The van der Waals surface area contributed by atoms with Gasteiger partial charge in [-0.15, -0.1) is 0 Å². The van der Waals surface area contributed by atoms with E-state index in [0.29, 0.717) is 11.1 Å². The van der Waals surface area contributed by atoms with Crippen LogP contribution in [0.3, 0.4) is 0 Å². The molecule has 9 nitrogen and oxygen atoms in total. The molecule has 0 saturated heterocycles. The molecule has 0 aromatic heterocycles. The fourth-order valence-electron chi connectivity index (χ4n) is 2.50. The van der Waals surface area contributed by atoms with Crippen LogP contribution in [0.5, 0.6) is 11.5 Å². The van der Waals surface area contributed by atoms with Crippen LogP contribution in [0, 0.1) is 0 Å². The van der Waals surface area contributed by atoms with Gasteiger partial charge in [-0.1, -0.05) is 0 Å². The van der Waals surface area contributed by atoms with Crippen LogP contribution in [0.25, 0.3) is 10.8 Å². The highest BCUT2D eigenvalue weighted by Gasteiger charge is 2.15. The Labute approximate surface area is 154 Å². The zero-order chi connectivity index (χ0) is 20.0.